The van der Waals surface area contributed by atoms with Gasteiger partial charge in [-0.25, -0.2) is 0 Å². The van der Waals surface area contributed by atoms with Gasteiger partial charge in [-0.05, 0) is 20.8 Å². The molecule has 11 heteroatoms. The molecule has 0 N–H and O–H groups in total. The molecule has 0 atom stereocenters. The van der Waals surface area contributed by atoms with Crippen LogP contribution in [0.25, 0.3) is 0 Å². The summed E-state index contributed by atoms with van der Waals surface area (Å²) < 4.78 is 53.3. The lowest BCUT2D eigenvalue weighted by Gasteiger charge is -2.19. The lowest BCUT2D eigenvalue weighted by Crippen LogP contribution is -2.24. The Balaban J connectivity index is 3.10. The maximum Gasteiger partial charge on any atom is 0.308 e. The predicted molar refractivity (Wildman–Crippen MR) is 133 cm³/mol. The Hall–Kier alpha value is -1.31. The predicted octanol–water partition coefficient (Wildman–Crippen LogP) is 2.01. The summed E-state index contributed by atoms with van der Waals surface area (Å²) in [6.07, 6.45) is 1.63. The fourth-order valence-electron chi connectivity index (χ4n) is 2.38. The molecule has 11 nitrogen and oxygen atoms in total. The van der Waals surface area contributed by atoms with Crippen LogP contribution in [0.4, 0.5) is 0 Å². The second-order valence-electron chi connectivity index (χ2n) is 8.27. The van der Waals surface area contributed by atoms with Gasteiger partial charge in [-0.2, -0.15) is 0 Å². The molecule has 0 aliphatic heterocycles. The lowest BCUT2D eigenvalue weighted by atomic mass is 10.2. The number of carbonyl (C=O) groups excluding carboxylic acids is 1. The molecular weight excluding hydrogens is 476 g/mol. The molecule has 0 amide bonds. The molecule has 0 spiro atoms. The monoisotopic (exact) mass is 524 g/mol. The van der Waals surface area contributed by atoms with Crippen LogP contribution in [0.2, 0.25) is 0 Å². The van der Waals surface area contributed by atoms with Crippen LogP contribution in [0.1, 0.15) is 27.2 Å². The molecule has 0 saturated heterocycles. The highest BCUT2D eigenvalue weighted by Gasteiger charge is 2.15. The van der Waals surface area contributed by atoms with Gasteiger partial charge in [0.1, 0.15) is 12.2 Å². The largest absolute Gasteiger partial charge is 0.499 e. The van der Waals surface area contributed by atoms with Crippen LogP contribution in [0.3, 0.4) is 0 Å². The zero-order valence-electron chi connectivity index (χ0n) is 22.5. The van der Waals surface area contributed by atoms with Crippen LogP contribution < -0.4 is 0 Å². The molecule has 0 aromatic heterocycles. The summed E-state index contributed by atoms with van der Waals surface area (Å²) in [6, 6.07) is 0. The first kappa shape index (κ1) is 34.7. The van der Waals surface area contributed by atoms with Crippen LogP contribution in [0.5, 0.6) is 0 Å². The van der Waals surface area contributed by atoms with Gasteiger partial charge in [0.25, 0.3) is 0 Å². The Morgan fingerprint density at radius 2 is 0.806 bits per heavy atom. The molecule has 0 aliphatic carbocycles. The fraction of sp³-hybridized carbons (Fsp3) is 0.880. The lowest BCUT2D eigenvalue weighted by molar-refractivity contribution is -0.156. The second kappa shape index (κ2) is 26.7. The normalized spacial score (nSPS) is 11.5. The Bertz CT molecular complexity index is 483. The highest BCUT2D eigenvalue weighted by molar-refractivity contribution is 5.69. The molecule has 36 heavy (non-hydrogen) atoms. The van der Waals surface area contributed by atoms with Crippen LogP contribution in [-0.4, -0.2) is 124 Å². The second-order valence-corrected chi connectivity index (χ2v) is 8.27. The maximum atomic E-state index is 11.5. The highest BCUT2D eigenvalue weighted by atomic mass is 16.6. The van der Waals surface area contributed by atoms with Gasteiger partial charge in [0.15, 0.2) is 0 Å². The van der Waals surface area contributed by atoms with Crippen LogP contribution in [0.15, 0.2) is 12.8 Å². The molecule has 0 saturated carbocycles. The number of rotatable bonds is 28. The van der Waals surface area contributed by atoms with E-state index in [0.29, 0.717) is 112 Å². The minimum absolute atomic E-state index is 0.236. The van der Waals surface area contributed by atoms with E-state index in [4.69, 9.17) is 47.4 Å². The Labute approximate surface area is 216 Å². The molecule has 0 rings (SSSR count). The minimum Gasteiger partial charge on any atom is -0.499 e. The van der Waals surface area contributed by atoms with Gasteiger partial charge in [-0.15, -0.1) is 0 Å². The molecule has 0 radical (unpaired) electrons. The zero-order valence-corrected chi connectivity index (χ0v) is 22.5. The fourth-order valence-corrected chi connectivity index (χ4v) is 2.38. The summed E-state index contributed by atoms with van der Waals surface area (Å²) in [7, 11) is 0. The number of hydrogen-bond acceptors (Lipinski definition) is 11. The van der Waals surface area contributed by atoms with Gasteiger partial charge < -0.3 is 47.4 Å². The third kappa shape index (κ3) is 30.7. The van der Waals surface area contributed by atoms with E-state index in [0.717, 1.165) is 0 Å². The molecule has 0 aromatic carbocycles. The molecule has 0 heterocycles. The first-order valence-electron chi connectivity index (χ1n) is 12.5. The van der Waals surface area contributed by atoms with Crippen molar-refractivity contribution in [1.82, 2.24) is 0 Å². The average Bonchev–Trinajstić information content (AvgIpc) is 2.82. The van der Waals surface area contributed by atoms with Crippen molar-refractivity contribution in [3.8, 4) is 0 Å². The van der Waals surface area contributed by atoms with Crippen molar-refractivity contribution < 1.29 is 52.2 Å². The summed E-state index contributed by atoms with van der Waals surface area (Å²) in [5.41, 5.74) is -0.468. The van der Waals surface area contributed by atoms with Crippen molar-refractivity contribution in [2.24, 2.45) is 0 Å². The van der Waals surface area contributed by atoms with Crippen molar-refractivity contribution in [2.45, 2.75) is 32.8 Å². The van der Waals surface area contributed by atoms with Crippen molar-refractivity contribution in [1.29, 1.82) is 0 Å². The van der Waals surface area contributed by atoms with Crippen LogP contribution in [0, 0.1) is 0 Å². The summed E-state index contributed by atoms with van der Waals surface area (Å²) in [4.78, 5) is 11.5. The van der Waals surface area contributed by atoms with E-state index in [2.05, 4.69) is 6.58 Å². The number of hydrogen-bond donors (Lipinski definition) is 0. The summed E-state index contributed by atoms with van der Waals surface area (Å²) in [5.74, 6) is -0.262. The molecule has 0 aromatic rings. The molecule has 0 bridgehead atoms. The Kier molecular flexibility index (Phi) is 25.8. The molecular formula is C25H48O11. The van der Waals surface area contributed by atoms with Gasteiger partial charge in [0.2, 0.25) is 0 Å². The Morgan fingerprint density at radius 3 is 1.08 bits per heavy atom. The van der Waals surface area contributed by atoms with E-state index >= 15 is 0 Å². The standard InChI is InChI=1S/C25H48O11/c1-5-27-8-9-29-12-13-31-16-17-33-20-21-35-23-22-34-19-18-32-15-14-30-11-10-28-7-6-24(26)36-25(2,3)4/h5H,1,6-23H2,2-4H3. The third-order valence-corrected chi connectivity index (χ3v) is 3.94. The van der Waals surface area contributed by atoms with Crippen LogP contribution >= 0.6 is 0 Å². The highest BCUT2D eigenvalue weighted by Crippen LogP contribution is 2.08. The van der Waals surface area contributed by atoms with Gasteiger partial charge in [-0.1, -0.05) is 6.58 Å². The van der Waals surface area contributed by atoms with Gasteiger partial charge in [0.05, 0.1) is 118 Å². The van der Waals surface area contributed by atoms with Gasteiger partial charge in [-0.3, -0.25) is 4.79 Å². The summed E-state index contributed by atoms with van der Waals surface area (Å²) in [5, 5.41) is 0. The molecule has 0 aliphatic rings. The van der Waals surface area contributed by atoms with E-state index in [1.807, 2.05) is 20.8 Å². The van der Waals surface area contributed by atoms with E-state index in [9.17, 15) is 4.79 Å². The van der Waals surface area contributed by atoms with Crippen molar-refractivity contribution >= 4 is 5.97 Å². The molecule has 0 unspecified atom stereocenters. The van der Waals surface area contributed by atoms with Gasteiger partial charge in [0, 0.05) is 0 Å². The first-order chi connectivity index (χ1) is 17.5. The van der Waals surface area contributed by atoms with E-state index in [1.54, 1.807) is 0 Å². The SMILES string of the molecule is C=COCCOCCOCCOCCOCCOCCOCCOCCOCCC(=O)OC(C)(C)C. The van der Waals surface area contributed by atoms with E-state index in [-0.39, 0.29) is 12.4 Å². The minimum atomic E-state index is -0.468. The topological polar surface area (TPSA) is 109 Å². The number of ether oxygens (including phenoxy) is 10. The average molecular weight is 525 g/mol. The summed E-state index contributed by atoms with van der Waals surface area (Å²) in [6.45, 7) is 17.2. The van der Waals surface area contributed by atoms with E-state index < -0.39 is 5.60 Å². The van der Waals surface area contributed by atoms with Crippen molar-refractivity contribution in [2.75, 3.05) is 112 Å². The van der Waals surface area contributed by atoms with Gasteiger partial charge >= 0.3 is 5.97 Å². The zero-order chi connectivity index (χ0) is 26.6. The third-order valence-electron chi connectivity index (χ3n) is 3.94. The van der Waals surface area contributed by atoms with E-state index in [1.165, 1.54) is 6.26 Å². The maximum absolute atomic E-state index is 11.5. The molecule has 0 fully saturated rings. The first-order valence-corrected chi connectivity index (χ1v) is 12.5. The smallest absolute Gasteiger partial charge is 0.308 e. The number of carbonyl (C=O) groups is 1. The van der Waals surface area contributed by atoms with Crippen LogP contribution in [-0.2, 0) is 52.2 Å². The van der Waals surface area contributed by atoms with Crippen molar-refractivity contribution in [3.05, 3.63) is 12.8 Å². The van der Waals surface area contributed by atoms with Crippen molar-refractivity contribution in [3.63, 3.8) is 0 Å². The summed E-state index contributed by atoms with van der Waals surface area (Å²) >= 11 is 0. The quantitative estimate of drug-likeness (QED) is 0.0852. The Morgan fingerprint density at radius 1 is 0.528 bits per heavy atom. The number of esters is 1. The molecule has 214 valence electrons.